The lowest BCUT2D eigenvalue weighted by molar-refractivity contribution is 0.0985. The third-order valence-corrected chi connectivity index (χ3v) is 7.09. The van der Waals surface area contributed by atoms with Crippen LogP contribution in [0, 0.1) is 13.8 Å². The Morgan fingerprint density at radius 2 is 1.71 bits per heavy atom. The van der Waals surface area contributed by atoms with Crippen molar-refractivity contribution in [3.05, 3.63) is 83.2 Å². The summed E-state index contributed by atoms with van der Waals surface area (Å²) in [5.74, 6) is -0.0505. The first-order chi connectivity index (χ1) is 14.9. The van der Waals surface area contributed by atoms with Gasteiger partial charge in [0, 0.05) is 28.1 Å². The first kappa shape index (κ1) is 21.5. The van der Waals surface area contributed by atoms with Crippen molar-refractivity contribution in [2.24, 2.45) is 0 Å². The second kappa shape index (κ2) is 9.20. The standard InChI is InChI=1S/C25H25N3OS2/c1-16(2)30-21-7-5-20(6-8-21)24(29)28(15-19-9-11-26-12-10-19)25-27-22-13-17(3)18(4)14-23(22)31-25/h5-14,16H,15H2,1-4H3. The van der Waals surface area contributed by atoms with E-state index in [2.05, 4.69) is 44.8 Å². The summed E-state index contributed by atoms with van der Waals surface area (Å²) in [7, 11) is 0. The molecule has 0 aliphatic heterocycles. The molecule has 158 valence electrons. The summed E-state index contributed by atoms with van der Waals surface area (Å²) in [6.45, 7) is 8.96. The SMILES string of the molecule is Cc1cc2nc(N(Cc3ccncc3)C(=O)c3ccc(SC(C)C)cc3)sc2cc1C. The van der Waals surface area contributed by atoms with Gasteiger partial charge in [-0.05, 0) is 79.1 Å². The molecule has 0 aliphatic rings. The number of fused-ring (bicyclic) bond motifs is 1. The highest BCUT2D eigenvalue weighted by molar-refractivity contribution is 7.99. The normalized spacial score (nSPS) is 11.3. The van der Waals surface area contributed by atoms with Crippen molar-refractivity contribution < 1.29 is 4.79 Å². The average Bonchev–Trinajstić information content (AvgIpc) is 3.15. The number of thiazole rings is 1. The number of anilines is 1. The van der Waals surface area contributed by atoms with Gasteiger partial charge in [0.15, 0.2) is 5.13 Å². The highest BCUT2D eigenvalue weighted by atomic mass is 32.2. The van der Waals surface area contributed by atoms with E-state index in [9.17, 15) is 4.79 Å². The predicted octanol–water partition coefficient (Wildman–Crippen LogP) is 6.66. The molecule has 0 N–H and O–H groups in total. The van der Waals surface area contributed by atoms with E-state index in [1.54, 1.807) is 40.4 Å². The maximum absolute atomic E-state index is 13.6. The molecule has 4 rings (SSSR count). The van der Waals surface area contributed by atoms with Crippen LogP contribution in [0.15, 0.2) is 65.8 Å². The van der Waals surface area contributed by atoms with Crippen LogP contribution in [0.3, 0.4) is 0 Å². The summed E-state index contributed by atoms with van der Waals surface area (Å²) in [6, 6.07) is 16.0. The third kappa shape index (κ3) is 4.97. The molecular weight excluding hydrogens is 422 g/mol. The van der Waals surface area contributed by atoms with Crippen LogP contribution in [0.25, 0.3) is 10.2 Å². The van der Waals surface area contributed by atoms with Crippen molar-refractivity contribution in [1.29, 1.82) is 0 Å². The first-order valence-electron chi connectivity index (χ1n) is 10.3. The highest BCUT2D eigenvalue weighted by Gasteiger charge is 2.22. The Morgan fingerprint density at radius 3 is 2.39 bits per heavy atom. The molecule has 0 radical (unpaired) electrons. The lowest BCUT2D eigenvalue weighted by Crippen LogP contribution is -2.30. The van der Waals surface area contributed by atoms with E-state index in [0.717, 1.165) is 20.7 Å². The number of pyridine rings is 1. The molecule has 0 bridgehead atoms. The lowest BCUT2D eigenvalue weighted by Gasteiger charge is -2.20. The van der Waals surface area contributed by atoms with Crippen molar-refractivity contribution in [1.82, 2.24) is 9.97 Å². The molecule has 0 saturated heterocycles. The second-order valence-electron chi connectivity index (χ2n) is 7.84. The number of hydrogen-bond acceptors (Lipinski definition) is 5. The number of thioether (sulfide) groups is 1. The molecule has 31 heavy (non-hydrogen) atoms. The van der Waals surface area contributed by atoms with Gasteiger partial charge in [-0.15, -0.1) is 11.8 Å². The van der Waals surface area contributed by atoms with Gasteiger partial charge in [-0.1, -0.05) is 25.2 Å². The summed E-state index contributed by atoms with van der Waals surface area (Å²) in [4.78, 5) is 25.4. The zero-order chi connectivity index (χ0) is 22.0. The van der Waals surface area contributed by atoms with Crippen LogP contribution in [0.5, 0.6) is 0 Å². The molecule has 2 heterocycles. The van der Waals surface area contributed by atoms with E-state index in [-0.39, 0.29) is 5.91 Å². The number of carbonyl (C=O) groups is 1. The largest absolute Gasteiger partial charge is 0.279 e. The Labute approximate surface area is 191 Å². The van der Waals surface area contributed by atoms with Crippen LogP contribution in [0.1, 0.15) is 40.9 Å². The smallest absolute Gasteiger partial charge is 0.260 e. The van der Waals surface area contributed by atoms with Crippen LogP contribution < -0.4 is 4.90 Å². The summed E-state index contributed by atoms with van der Waals surface area (Å²) >= 11 is 3.35. The number of nitrogens with zero attached hydrogens (tertiary/aromatic N) is 3. The van der Waals surface area contributed by atoms with E-state index < -0.39 is 0 Å². The van der Waals surface area contributed by atoms with Crippen molar-refractivity contribution in [2.45, 2.75) is 44.4 Å². The minimum atomic E-state index is -0.0505. The number of amides is 1. The van der Waals surface area contributed by atoms with Crippen LogP contribution in [0.4, 0.5) is 5.13 Å². The topological polar surface area (TPSA) is 46.1 Å². The highest BCUT2D eigenvalue weighted by Crippen LogP contribution is 2.33. The molecule has 0 fully saturated rings. The Hall–Kier alpha value is -2.70. The van der Waals surface area contributed by atoms with Gasteiger partial charge in [-0.2, -0.15) is 0 Å². The summed E-state index contributed by atoms with van der Waals surface area (Å²) in [5.41, 5.74) is 5.04. The Bertz CT molecular complexity index is 1160. The number of aryl methyl sites for hydroxylation is 2. The van der Waals surface area contributed by atoms with Gasteiger partial charge < -0.3 is 0 Å². The van der Waals surface area contributed by atoms with Crippen molar-refractivity contribution in [3.8, 4) is 0 Å². The molecule has 1 amide bonds. The molecular formula is C25H25N3OS2. The molecule has 0 aliphatic carbocycles. The minimum absolute atomic E-state index is 0.0505. The van der Waals surface area contributed by atoms with E-state index in [1.807, 2.05) is 36.4 Å². The molecule has 4 nitrogen and oxygen atoms in total. The Kier molecular flexibility index (Phi) is 6.39. The predicted molar refractivity (Wildman–Crippen MR) is 131 cm³/mol. The molecule has 6 heteroatoms. The van der Waals surface area contributed by atoms with Crippen LogP contribution >= 0.6 is 23.1 Å². The second-order valence-corrected chi connectivity index (χ2v) is 10.5. The Morgan fingerprint density at radius 1 is 1.03 bits per heavy atom. The number of aromatic nitrogens is 2. The van der Waals surface area contributed by atoms with Crippen LogP contribution in [0.2, 0.25) is 0 Å². The number of carbonyl (C=O) groups excluding carboxylic acids is 1. The van der Waals surface area contributed by atoms with Gasteiger partial charge in [0.25, 0.3) is 5.91 Å². The third-order valence-electron chi connectivity index (χ3n) is 5.03. The molecule has 4 aromatic rings. The quantitative estimate of drug-likeness (QED) is 0.310. The van der Waals surface area contributed by atoms with Gasteiger partial charge in [-0.25, -0.2) is 4.98 Å². The summed E-state index contributed by atoms with van der Waals surface area (Å²) in [6.07, 6.45) is 3.50. The minimum Gasteiger partial charge on any atom is -0.279 e. The van der Waals surface area contributed by atoms with Gasteiger partial charge in [-0.3, -0.25) is 14.7 Å². The van der Waals surface area contributed by atoms with E-state index in [1.165, 1.54) is 11.1 Å². The van der Waals surface area contributed by atoms with Gasteiger partial charge in [0.05, 0.1) is 16.8 Å². The zero-order valence-electron chi connectivity index (χ0n) is 18.1. The van der Waals surface area contributed by atoms with Crippen LogP contribution in [-0.2, 0) is 6.54 Å². The average molecular weight is 448 g/mol. The fourth-order valence-corrected chi connectivity index (χ4v) is 5.17. The molecule has 0 atom stereocenters. The van der Waals surface area contributed by atoms with E-state index in [0.29, 0.717) is 22.5 Å². The van der Waals surface area contributed by atoms with E-state index in [4.69, 9.17) is 4.98 Å². The lowest BCUT2D eigenvalue weighted by atomic mass is 10.1. The number of benzene rings is 2. The molecule has 0 unspecified atom stereocenters. The Balaban J connectivity index is 1.71. The molecule has 0 spiro atoms. The fourth-order valence-electron chi connectivity index (χ4n) is 3.28. The van der Waals surface area contributed by atoms with Crippen LogP contribution in [-0.4, -0.2) is 21.1 Å². The maximum atomic E-state index is 13.6. The molecule has 0 saturated carbocycles. The summed E-state index contributed by atoms with van der Waals surface area (Å²) < 4.78 is 1.09. The zero-order valence-corrected chi connectivity index (χ0v) is 19.8. The van der Waals surface area contributed by atoms with Crippen molar-refractivity contribution >= 4 is 44.4 Å². The number of rotatable bonds is 6. The van der Waals surface area contributed by atoms with Gasteiger partial charge >= 0.3 is 0 Å². The monoisotopic (exact) mass is 447 g/mol. The fraction of sp³-hybridized carbons (Fsp3) is 0.240. The number of hydrogen-bond donors (Lipinski definition) is 0. The first-order valence-corrected chi connectivity index (χ1v) is 12.0. The van der Waals surface area contributed by atoms with Crippen molar-refractivity contribution in [3.63, 3.8) is 0 Å². The molecule has 2 aromatic heterocycles. The van der Waals surface area contributed by atoms with Crippen molar-refractivity contribution in [2.75, 3.05) is 4.90 Å². The maximum Gasteiger partial charge on any atom is 0.260 e. The molecule has 2 aromatic carbocycles. The van der Waals surface area contributed by atoms with E-state index >= 15 is 0 Å². The van der Waals surface area contributed by atoms with Gasteiger partial charge in [0.1, 0.15) is 0 Å². The summed E-state index contributed by atoms with van der Waals surface area (Å²) in [5, 5.41) is 1.21. The van der Waals surface area contributed by atoms with Gasteiger partial charge in [0.2, 0.25) is 0 Å².